The van der Waals surface area contributed by atoms with Gasteiger partial charge in [0.1, 0.15) is 0 Å². The van der Waals surface area contributed by atoms with E-state index in [4.69, 9.17) is 0 Å². The fourth-order valence-corrected chi connectivity index (χ4v) is 20.0. The van der Waals surface area contributed by atoms with Crippen molar-refractivity contribution in [3.63, 3.8) is 0 Å². The van der Waals surface area contributed by atoms with Crippen molar-refractivity contribution in [3.8, 4) is 0 Å². The number of allylic oxidation sites excluding steroid dienone is 4. The molecule has 3 aromatic rings. The molecule has 1 aliphatic rings. The number of benzene rings is 3. The Morgan fingerprint density at radius 1 is 0.323 bits per heavy atom. The molecule has 0 fully saturated rings. The van der Waals surface area contributed by atoms with Crippen LogP contribution in [0.1, 0.15) is 44.4 Å². The first-order chi connectivity index (χ1) is 27.1. The molecule has 14 heteroatoms. The van der Waals surface area contributed by atoms with Gasteiger partial charge in [0.15, 0.2) is 0 Å². The van der Waals surface area contributed by atoms with Gasteiger partial charge in [-0.2, -0.15) is 0 Å². The zero-order valence-electron chi connectivity index (χ0n) is 42.9. The molecule has 0 spiro atoms. The zero-order chi connectivity index (χ0) is 45.3. The minimum absolute atomic E-state index is 0. The summed E-state index contributed by atoms with van der Waals surface area (Å²) in [4.78, 5) is 21.3. The maximum absolute atomic E-state index is 3.52. The van der Waals surface area contributed by atoms with Crippen LogP contribution in [-0.4, -0.2) is 135 Å². The SMILES string of the molecule is CC1=C(C)[C]([Ti+3])([Si](c2cc(C)c(N(C)C)c(N(C)C)c2N(C)C)(c2cc(C)c(N(C)C)c(N(C)C)c2N(C)C)c2cc(C)c(N(C)C)c(N(C)C)c2N(C)C)C(C)=C1C.[Cl-].[Cl-].[Cl-]. The van der Waals surface area contributed by atoms with Crippen LogP contribution in [0.25, 0.3) is 0 Å². The number of rotatable bonds is 13. The van der Waals surface area contributed by atoms with Gasteiger partial charge in [0.25, 0.3) is 0 Å². The number of nitrogens with zero attached hydrogens (tertiary/aromatic N) is 9. The van der Waals surface area contributed by atoms with Gasteiger partial charge in [-0.1, -0.05) is 0 Å². The predicted molar refractivity (Wildman–Crippen MR) is 267 cm³/mol. The van der Waals surface area contributed by atoms with E-state index >= 15 is 0 Å². The second-order valence-electron chi connectivity index (χ2n) is 18.9. The summed E-state index contributed by atoms with van der Waals surface area (Å²) in [5.41, 5.74) is 20.8. The van der Waals surface area contributed by atoms with Gasteiger partial charge in [0.2, 0.25) is 0 Å². The van der Waals surface area contributed by atoms with Crippen molar-refractivity contribution < 1.29 is 57.7 Å². The van der Waals surface area contributed by atoms with Gasteiger partial charge in [-0.05, 0) is 0 Å². The van der Waals surface area contributed by atoms with Crippen molar-refractivity contribution >= 4 is 74.8 Å². The number of aryl methyl sites for hydroxylation is 3. The molecule has 3 aromatic carbocycles. The molecule has 0 saturated carbocycles. The Morgan fingerprint density at radius 3 is 0.661 bits per heavy atom. The monoisotopic (exact) mass is 961 g/mol. The minimum atomic E-state index is -3.52. The Bertz CT molecular complexity index is 1970. The normalized spacial score (nSPS) is 13.3. The first-order valence-electron chi connectivity index (χ1n) is 20.8. The van der Waals surface area contributed by atoms with Crippen LogP contribution in [0.4, 0.5) is 51.2 Å². The van der Waals surface area contributed by atoms with Crippen LogP contribution in [0.5, 0.6) is 0 Å². The van der Waals surface area contributed by atoms with Gasteiger partial charge in [0.05, 0.1) is 0 Å². The maximum atomic E-state index is 2.63. The molecule has 0 heterocycles. The van der Waals surface area contributed by atoms with Crippen molar-refractivity contribution in [1.82, 2.24) is 0 Å². The van der Waals surface area contributed by atoms with Crippen LogP contribution in [0, 0.1) is 20.8 Å². The van der Waals surface area contributed by atoms with E-state index in [9.17, 15) is 0 Å². The fourth-order valence-electron chi connectivity index (χ4n) is 10.5. The van der Waals surface area contributed by atoms with Crippen molar-refractivity contribution in [3.05, 3.63) is 57.2 Å². The first-order valence-corrected chi connectivity index (χ1v) is 23.6. The molecule has 0 atom stereocenters. The third-order valence-corrected chi connectivity index (χ3v) is 21.3. The topological polar surface area (TPSA) is 29.2 Å². The molecule has 0 bridgehead atoms. The number of anilines is 9. The van der Waals surface area contributed by atoms with Crippen LogP contribution in [0.3, 0.4) is 0 Å². The van der Waals surface area contributed by atoms with Gasteiger partial charge in [-0.15, -0.1) is 0 Å². The molecule has 62 heavy (non-hydrogen) atoms. The summed E-state index contributed by atoms with van der Waals surface area (Å²) in [5, 5.41) is 4.27. The summed E-state index contributed by atoms with van der Waals surface area (Å²) in [5.74, 6) is 0. The molecule has 0 saturated heterocycles. The molecular formula is C48H78Cl3N9SiTi. The molecule has 9 nitrogen and oxygen atoms in total. The molecule has 0 N–H and O–H groups in total. The van der Waals surface area contributed by atoms with E-state index in [0.29, 0.717) is 0 Å². The van der Waals surface area contributed by atoms with E-state index in [0.717, 1.165) is 0 Å². The fraction of sp³-hybridized carbons (Fsp3) is 0.542. The Hall–Kier alpha value is -2.86. The van der Waals surface area contributed by atoms with Crippen molar-refractivity contribution in [2.24, 2.45) is 0 Å². The van der Waals surface area contributed by atoms with E-state index in [1.54, 1.807) is 0 Å². The van der Waals surface area contributed by atoms with Gasteiger partial charge in [-0.3, -0.25) is 0 Å². The van der Waals surface area contributed by atoms with Crippen LogP contribution in [0.2, 0.25) is 3.34 Å². The molecule has 0 aliphatic heterocycles. The number of hydrogen-bond acceptors (Lipinski definition) is 9. The van der Waals surface area contributed by atoms with E-state index in [2.05, 4.69) is 258 Å². The molecule has 0 aromatic heterocycles. The predicted octanol–water partition coefficient (Wildman–Crippen LogP) is -2.38. The van der Waals surface area contributed by atoms with Gasteiger partial charge in [-0.25, -0.2) is 0 Å². The second kappa shape index (κ2) is 20.5. The van der Waals surface area contributed by atoms with E-state index in [1.165, 1.54) is 106 Å². The zero-order valence-corrected chi connectivity index (χ0v) is 47.7. The van der Waals surface area contributed by atoms with E-state index in [-0.39, 0.29) is 37.2 Å². The Kier molecular flexibility index (Phi) is 18.9. The van der Waals surface area contributed by atoms with Crippen molar-refractivity contribution in [2.45, 2.75) is 51.8 Å². The molecule has 344 valence electrons. The Morgan fingerprint density at radius 2 is 0.500 bits per heavy atom. The van der Waals surface area contributed by atoms with Crippen LogP contribution in [-0.2, 0) is 20.4 Å². The summed E-state index contributed by atoms with van der Waals surface area (Å²) in [6, 6.07) is 7.85. The largest absolute Gasteiger partial charge is 1.00 e. The minimum Gasteiger partial charge on any atom is -1.00 e. The third kappa shape index (κ3) is 8.67. The molecule has 0 unspecified atom stereocenters. The summed E-state index contributed by atoms with van der Waals surface area (Å²) in [7, 11) is 36.5. The van der Waals surface area contributed by atoms with Gasteiger partial charge < -0.3 is 37.2 Å². The molecule has 0 amide bonds. The van der Waals surface area contributed by atoms with Gasteiger partial charge >= 0.3 is 375 Å². The van der Waals surface area contributed by atoms with Crippen LogP contribution in [0.15, 0.2) is 40.5 Å². The summed E-state index contributed by atoms with van der Waals surface area (Å²) in [6.07, 6.45) is 0. The smallest absolute Gasteiger partial charge is 1.00 e. The van der Waals surface area contributed by atoms with Crippen LogP contribution >= 0.6 is 0 Å². The average Bonchev–Trinajstić information content (AvgIpc) is 3.25. The quantitative estimate of drug-likeness (QED) is 0.138. The molecule has 0 radical (unpaired) electrons. The average molecular weight is 964 g/mol. The Labute approximate surface area is 409 Å². The van der Waals surface area contributed by atoms with Crippen molar-refractivity contribution in [2.75, 3.05) is 171 Å². The standard InChI is InChI=1S/C48H78N9Si.3ClH.Ti/c1-29-26-36(42(52(14)15)45(55(20)21)39(29)49(8)9)58(48-34(6)32(4)33(5)35(48)7,37-27-30(2)40(50(10)11)46(56(22)23)43(37)53(16)17)38-28-31(3)41(51(12)13)47(57(24)25)44(38)54(18)19;;;;/h26-28H,1-25H3;3*1H;/q;;;;+3/p-3. The van der Waals surface area contributed by atoms with E-state index < -0.39 is 11.4 Å². The first kappa shape index (κ1) is 57.2. The van der Waals surface area contributed by atoms with Gasteiger partial charge in [0, 0.05) is 0 Å². The van der Waals surface area contributed by atoms with Crippen LogP contribution < -0.4 is 96.9 Å². The van der Waals surface area contributed by atoms with Crippen molar-refractivity contribution in [1.29, 1.82) is 0 Å². The summed E-state index contributed by atoms with van der Waals surface area (Å²) in [6.45, 7) is 16.6. The second-order valence-corrected chi connectivity index (χ2v) is 24.7. The molecular weight excluding hydrogens is 885 g/mol. The Balaban J connectivity index is 0.00000641. The van der Waals surface area contributed by atoms with E-state index in [1.807, 2.05) is 0 Å². The summed E-state index contributed by atoms with van der Waals surface area (Å²) >= 11 is 2.63. The molecule has 4 rings (SSSR count). The third-order valence-electron chi connectivity index (χ3n) is 12.9. The molecule has 1 aliphatic carbocycles. The number of hydrogen-bond donors (Lipinski definition) is 0. The number of halogens is 3. The summed E-state index contributed by atoms with van der Waals surface area (Å²) < 4.78 is -0.400. The maximum Gasteiger partial charge on any atom is -1.00 e.